The van der Waals surface area contributed by atoms with Gasteiger partial charge in [0.1, 0.15) is 5.69 Å². The Morgan fingerprint density at radius 3 is 2.39 bits per heavy atom. The molecular formula is C24H26Cl2N2O7S. The van der Waals surface area contributed by atoms with Crippen LogP contribution in [0, 0.1) is 6.92 Å². The maximum absolute atomic E-state index is 13.0. The van der Waals surface area contributed by atoms with Gasteiger partial charge in [0.2, 0.25) is 0 Å². The van der Waals surface area contributed by atoms with Crippen LogP contribution in [0.1, 0.15) is 34.1 Å². The number of nitrogens with one attached hydrogen (secondary N) is 1. The second kappa shape index (κ2) is 11.6. The number of halogens is 2. The van der Waals surface area contributed by atoms with E-state index in [0.717, 1.165) is 11.1 Å². The Balaban J connectivity index is 1.77. The monoisotopic (exact) mass is 556 g/mol. The molecular weight excluding hydrogens is 531 g/mol. The lowest BCUT2D eigenvalue weighted by atomic mass is 10.1. The molecule has 1 amide bonds. The van der Waals surface area contributed by atoms with Gasteiger partial charge < -0.3 is 24.8 Å². The average molecular weight is 557 g/mol. The van der Waals surface area contributed by atoms with Gasteiger partial charge in [-0.05, 0) is 42.3 Å². The zero-order chi connectivity index (χ0) is 26.6. The third kappa shape index (κ3) is 6.01. The van der Waals surface area contributed by atoms with Gasteiger partial charge in [0.15, 0.2) is 15.6 Å². The molecule has 3 rings (SSSR count). The number of benzene rings is 2. The lowest BCUT2D eigenvalue weighted by Crippen LogP contribution is -2.32. The number of ether oxygens (including phenoxy) is 1. The summed E-state index contributed by atoms with van der Waals surface area (Å²) < 4.78 is 31.4. The van der Waals surface area contributed by atoms with E-state index < -0.39 is 40.1 Å². The molecule has 194 valence electrons. The Kier molecular flexibility index (Phi) is 9.02. The van der Waals surface area contributed by atoms with E-state index >= 15 is 0 Å². The van der Waals surface area contributed by atoms with Crippen molar-refractivity contribution >= 4 is 55.8 Å². The molecule has 1 aromatic heterocycles. The molecule has 3 N–H and O–H groups in total. The van der Waals surface area contributed by atoms with Crippen LogP contribution in [0.4, 0.5) is 0 Å². The van der Waals surface area contributed by atoms with Gasteiger partial charge in [-0.25, -0.2) is 8.42 Å². The van der Waals surface area contributed by atoms with Crippen LogP contribution in [0.5, 0.6) is 0 Å². The fourth-order valence-electron chi connectivity index (χ4n) is 3.65. The van der Waals surface area contributed by atoms with Crippen LogP contribution >= 0.6 is 23.2 Å². The number of amides is 1. The highest BCUT2D eigenvalue weighted by Crippen LogP contribution is 2.35. The third-order valence-electron chi connectivity index (χ3n) is 5.64. The normalized spacial score (nSPS) is 12.5. The minimum Gasteiger partial charge on any atom is -0.465 e. The molecule has 1 heterocycles. The quantitative estimate of drug-likeness (QED) is 0.258. The predicted octanol–water partition coefficient (Wildman–Crippen LogP) is 2.96. The van der Waals surface area contributed by atoms with Crippen LogP contribution in [0.2, 0.25) is 10.0 Å². The summed E-state index contributed by atoms with van der Waals surface area (Å²) in [5, 5.41) is 22.7. The number of rotatable bonds is 10. The first kappa shape index (κ1) is 27.9. The number of hydrogen-bond acceptors (Lipinski definition) is 7. The first-order valence-electron chi connectivity index (χ1n) is 10.9. The van der Waals surface area contributed by atoms with Gasteiger partial charge >= 0.3 is 5.97 Å². The highest BCUT2D eigenvalue weighted by molar-refractivity contribution is 7.92. The van der Waals surface area contributed by atoms with Crippen LogP contribution in [-0.4, -0.2) is 60.6 Å². The molecule has 1 atom stereocenters. The Morgan fingerprint density at radius 1 is 1.11 bits per heavy atom. The van der Waals surface area contributed by atoms with Gasteiger partial charge in [0.05, 0.1) is 39.7 Å². The van der Waals surface area contributed by atoms with Crippen molar-refractivity contribution in [3.8, 4) is 0 Å². The summed E-state index contributed by atoms with van der Waals surface area (Å²) in [4.78, 5) is 24.7. The Morgan fingerprint density at radius 2 is 1.78 bits per heavy atom. The number of aromatic nitrogens is 1. The number of nitrogens with zero attached hydrogens (tertiary/aromatic N) is 1. The van der Waals surface area contributed by atoms with Crippen LogP contribution in [0.3, 0.4) is 0 Å². The highest BCUT2D eigenvalue weighted by Gasteiger charge is 2.23. The standard InChI is InChI=1S/C24H26Cl2N2O7S/c1-14-10-19-17(23(26)22(14)25)11-20(28(19)2)24(32)27-18(12-30)15-4-6-16(7-5-15)36(33,34)13-21(31)35-9-3-8-29/h4-7,10-11,18,29-30H,3,8-9,12-13H2,1-2H3,(H,27,32)/t18-/m1/s1. The summed E-state index contributed by atoms with van der Waals surface area (Å²) >= 11 is 12.6. The molecule has 9 nitrogen and oxygen atoms in total. The van der Waals surface area contributed by atoms with Crippen molar-refractivity contribution in [3.63, 3.8) is 0 Å². The molecule has 0 fully saturated rings. The van der Waals surface area contributed by atoms with Gasteiger partial charge in [-0.2, -0.15) is 0 Å². The number of fused-ring (bicyclic) bond motifs is 1. The number of aryl methyl sites for hydroxylation is 2. The average Bonchev–Trinajstić information content (AvgIpc) is 3.17. The number of aliphatic hydroxyl groups excluding tert-OH is 2. The van der Waals surface area contributed by atoms with Crippen LogP contribution in [-0.2, 0) is 26.4 Å². The van der Waals surface area contributed by atoms with Gasteiger partial charge in [-0.1, -0.05) is 35.3 Å². The molecule has 0 aliphatic carbocycles. The van der Waals surface area contributed by atoms with Crippen molar-refractivity contribution in [2.75, 3.05) is 25.6 Å². The molecule has 0 bridgehead atoms. The largest absolute Gasteiger partial charge is 0.465 e. The van der Waals surface area contributed by atoms with E-state index in [2.05, 4.69) is 5.32 Å². The van der Waals surface area contributed by atoms with E-state index in [1.54, 1.807) is 17.7 Å². The van der Waals surface area contributed by atoms with E-state index in [0.29, 0.717) is 26.7 Å². The zero-order valence-corrected chi connectivity index (χ0v) is 22.0. The number of sulfone groups is 1. The van der Waals surface area contributed by atoms with Gasteiger partial charge in [0, 0.05) is 25.5 Å². The van der Waals surface area contributed by atoms with E-state index in [1.807, 2.05) is 13.0 Å². The van der Waals surface area contributed by atoms with Crippen molar-refractivity contribution in [2.24, 2.45) is 7.05 Å². The lowest BCUT2D eigenvalue weighted by molar-refractivity contribution is -0.140. The number of esters is 1. The second-order valence-corrected chi connectivity index (χ2v) is 10.9. The van der Waals surface area contributed by atoms with Gasteiger partial charge in [-0.3, -0.25) is 9.59 Å². The number of hydrogen-bond donors (Lipinski definition) is 3. The third-order valence-corrected chi connectivity index (χ3v) is 8.23. The summed E-state index contributed by atoms with van der Waals surface area (Å²) in [5.74, 6) is -2.23. The van der Waals surface area contributed by atoms with Crippen LogP contribution < -0.4 is 5.32 Å². The Bertz CT molecular complexity index is 1390. The number of carbonyl (C=O) groups is 2. The first-order valence-corrected chi connectivity index (χ1v) is 13.4. The van der Waals surface area contributed by atoms with Crippen LogP contribution in [0.15, 0.2) is 41.3 Å². The second-order valence-electron chi connectivity index (χ2n) is 8.18. The topological polar surface area (TPSA) is 135 Å². The maximum atomic E-state index is 13.0. The van der Waals surface area contributed by atoms with Gasteiger partial charge in [0.25, 0.3) is 5.91 Å². The van der Waals surface area contributed by atoms with Crippen molar-refractivity contribution in [1.29, 1.82) is 0 Å². The highest BCUT2D eigenvalue weighted by atomic mass is 35.5. The fraction of sp³-hybridized carbons (Fsp3) is 0.333. The minimum absolute atomic E-state index is 0.0722. The first-order chi connectivity index (χ1) is 17.0. The molecule has 2 aromatic carbocycles. The summed E-state index contributed by atoms with van der Waals surface area (Å²) in [6.07, 6.45) is 0.216. The van der Waals surface area contributed by atoms with Crippen molar-refractivity contribution in [1.82, 2.24) is 9.88 Å². The molecule has 0 radical (unpaired) electrons. The Hall–Kier alpha value is -2.63. The van der Waals surface area contributed by atoms with E-state index in [4.69, 9.17) is 33.0 Å². The lowest BCUT2D eigenvalue weighted by Gasteiger charge is -2.17. The Labute approximate surface area is 218 Å². The fourth-order valence-corrected chi connectivity index (χ4v) is 5.22. The molecule has 0 aliphatic heterocycles. The molecule has 0 unspecified atom stereocenters. The van der Waals surface area contributed by atoms with Crippen molar-refractivity contribution in [3.05, 3.63) is 63.3 Å². The maximum Gasteiger partial charge on any atom is 0.321 e. The van der Waals surface area contributed by atoms with Crippen molar-refractivity contribution < 1.29 is 33.0 Å². The van der Waals surface area contributed by atoms with Crippen LogP contribution in [0.25, 0.3) is 10.9 Å². The summed E-state index contributed by atoms with van der Waals surface area (Å²) in [6.45, 7) is 1.13. The number of aliphatic hydroxyl groups is 2. The SMILES string of the molecule is Cc1cc2c(cc(C(=O)N[C@H](CO)c3ccc(S(=O)(=O)CC(=O)OCCCO)cc3)n2C)c(Cl)c1Cl. The molecule has 12 heteroatoms. The van der Waals surface area contributed by atoms with Crippen molar-refractivity contribution in [2.45, 2.75) is 24.3 Å². The zero-order valence-electron chi connectivity index (χ0n) is 19.6. The predicted molar refractivity (Wildman–Crippen MR) is 136 cm³/mol. The smallest absolute Gasteiger partial charge is 0.321 e. The molecule has 0 aliphatic rings. The minimum atomic E-state index is -3.96. The number of carbonyl (C=O) groups excluding carboxylic acids is 2. The van der Waals surface area contributed by atoms with Gasteiger partial charge in [-0.15, -0.1) is 0 Å². The molecule has 36 heavy (non-hydrogen) atoms. The summed E-state index contributed by atoms with van der Waals surface area (Å²) in [7, 11) is -2.25. The molecule has 3 aromatic rings. The molecule has 0 spiro atoms. The van der Waals surface area contributed by atoms with E-state index in [1.165, 1.54) is 24.3 Å². The molecule has 0 saturated heterocycles. The van der Waals surface area contributed by atoms with E-state index in [9.17, 15) is 23.1 Å². The summed E-state index contributed by atoms with van der Waals surface area (Å²) in [6, 6.07) is 8.10. The molecule has 0 saturated carbocycles. The van der Waals surface area contributed by atoms with E-state index in [-0.39, 0.29) is 24.5 Å². The summed E-state index contributed by atoms with van der Waals surface area (Å²) in [5.41, 5.74) is 2.25.